The molecule has 0 aliphatic rings. The Hall–Kier alpha value is -2.95. The fourth-order valence-electron chi connectivity index (χ4n) is 2.60. The number of hydrogen-bond donors (Lipinski definition) is 2. The van der Waals surface area contributed by atoms with Crippen LogP contribution in [0.3, 0.4) is 0 Å². The molecule has 118 valence electrons. The molecule has 3 aromatic rings. The molecule has 2 aromatic carbocycles. The minimum Gasteiger partial charge on any atom is -0.493 e. The Morgan fingerprint density at radius 2 is 1.61 bits per heavy atom. The summed E-state index contributed by atoms with van der Waals surface area (Å²) in [6.45, 7) is 1.86. The maximum atomic E-state index is 10.4. The number of nitrogens with zero attached hydrogens (tertiary/aromatic N) is 1. The number of methoxy groups -OCH3 is 2. The number of H-pyrrole nitrogens is 1. The van der Waals surface area contributed by atoms with E-state index in [1.807, 2.05) is 55.5 Å². The van der Waals surface area contributed by atoms with Crippen molar-refractivity contribution >= 4 is 0 Å². The minimum absolute atomic E-state index is 0.585. The van der Waals surface area contributed by atoms with Crippen LogP contribution < -0.4 is 14.2 Å². The highest BCUT2D eigenvalue weighted by molar-refractivity contribution is 5.66. The summed E-state index contributed by atoms with van der Waals surface area (Å²) < 4.78 is 11.7. The Balaban J connectivity index is 2.11. The summed E-state index contributed by atoms with van der Waals surface area (Å²) in [6.07, 6.45) is 0. The molecule has 1 aromatic heterocycles. The lowest BCUT2D eigenvalue weighted by Gasteiger charge is -2.07. The molecule has 0 fully saturated rings. The van der Waals surface area contributed by atoms with Gasteiger partial charge in [-0.25, -0.2) is 4.98 Å². The Kier molecular flexibility index (Phi) is 3.93. The van der Waals surface area contributed by atoms with E-state index >= 15 is 0 Å². The first-order valence-electron chi connectivity index (χ1n) is 7.27. The Morgan fingerprint density at radius 3 is 2.26 bits per heavy atom. The topological polar surface area (TPSA) is 58.4 Å². The van der Waals surface area contributed by atoms with E-state index in [0.29, 0.717) is 17.3 Å². The number of ether oxygens (including phenoxy) is 2. The van der Waals surface area contributed by atoms with E-state index in [0.717, 1.165) is 27.2 Å². The zero-order chi connectivity index (χ0) is 16.4. The summed E-state index contributed by atoms with van der Waals surface area (Å²) >= 11 is 0. The minimum atomic E-state index is 0.585. The standard InChI is InChI=1S/C18H18N2O3/c1-12-17(13-7-5-4-6-8-13)19-18(20(12)21)14-9-10-15(22-2)16(11-14)23-3/h4-11,21H,1-3H3/p+1. The predicted octanol–water partition coefficient (Wildman–Crippen LogP) is 3.20. The van der Waals surface area contributed by atoms with E-state index in [1.165, 1.54) is 0 Å². The highest BCUT2D eigenvalue weighted by atomic mass is 16.5. The van der Waals surface area contributed by atoms with Gasteiger partial charge in [0.2, 0.25) is 0 Å². The third kappa shape index (κ3) is 2.61. The first-order chi connectivity index (χ1) is 11.2. The number of benzene rings is 2. The highest BCUT2D eigenvalue weighted by Gasteiger charge is 2.24. The van der Waals surface area contributed by atoms with Gasteiger partial charge >= 0.3 is 5.82 Å². The van der Waals surface area contributed by atoms with Crippen LogP contribution >= 0.6 is 0 Å². The van der Waals surface area contributed by atoms with Gasteiger partial charge in [0.15, 0.2) is 22.9 Å². The predicted molar refractivity (Wildman–Crippen MR) is 86.9 cm³/mol. The fraction of sp³-hybridized carbons (Fsp3) is 0.167. The Bertz CT molecular complexity index is 826. The molecule has 1 heterocycles. The zero-order valence-corrected chi connectivity index (χ0v) is 13.3. The smallest absolute Gasteiger partial charge is 0.326 e. The zero-order valence-electron chi connectivity index (χ0n) is 13.3. The molecule has 3 rings (SSSR count). The molecule has 0 atom stereocenters. The molecule has 0 saturated heterocycles. The lowest BCUT2D eigenvalue weighted by atomic mass is 10.1. The van der Waals surface area contributed by atoms with E-state index < -0.39 is 0 Å². The van der Waals surface area contributed by atoms with Gasteiger partial charge in [-0.15, -0.1) is 0 Å². The van der Waals surface area contributed by atoms with Gasteiger partial charge in [0, 0.05) is 12.5 Å². The monoisotopic (exact) mass is 311 g/mol. The number of aromatic nitrogens is 2. The molecular weight excluding hydrogens is 292 g/mol. The van der Waals surface area contributed by atoms with Gasteiger partial charge in [-0.2, -0.15) is 0 Å². The van der Waals surface area contributed by atoms with Crippen molar-refractivity contribution in [3.63, 3.8) is 0 Å². The first-order valence-corrected chi connectivity index (χ1v) is 7.27. The third-order valence-electron chi connectivity index (χ3n) is 3.85. The van der Waals surface area contributed by atoms with E-state index in [9.17, 15) is 5.21 Å². The van der Waals surface area contributed by atoms with Crippen LogP contribution in [-0.4, -0.2) is 24.4 Å². The van der Waals surface area contributed by atoms with Crippen LogP contribution in [0.15, 0.2) is 48.5 Å². The molecule has 0 amide bonds. The van der Waals surface area contributed by atoms with Gasteiger partial charge in [-0.3, -0.25) is 0 Å². The van der Waals surface area contributed by atoms with Crippen molar-refractivity contribution in [3.8, 4) is 34.1 Å². The largest absolute Gasteiger partial charge is 0.493 e. The Labute approximate surface area is 134 Å². The summed E-state index contributed by atoms with van der Waals surface area (Å²) in [4.78, 5) is 3.29. The maximum absolute atomic E-state index is 10.4. The van der Waals surface area contributed by atoms with Gasteiger partial charge in [-0.1, -0.05) is 30.3 Å². The summed E-state index contributed by atoms with van der Waals surface area (Å²) in [5, 5.41) is 10.4. The van der Waals surface area contributed by atoms with Crippen LogP contribution in [0.1, 0.15) is 5.69 Å². The molecule has 0 radical (unpaired) electrons. The molecule has 0 unspecified atom stereocenters. The van der Waals surface area contributed by atoms with E-state index in [1.54, 1.807) is 14.2 Å². The van der Waals surface area contributed by atoms with Crippen molar-refractivity contribution in [2.24, 2.45) is 0 Å². The molecule has 2 N–H and O–H groups in total. The van der Waals surface area contributed by atoms with E-state index in [2.05, 4.69) is 4.98 Å². The van der Waals surface area contributed by atoms with Crippen LogP contribution in [0, 0.1) is 6.92 Å². The highest BCUT2D eigenvalue weighted by Crippen LogP contribution is 2.32. The molecule has 0 aliphatic carbocycles. The second-order valence-electron chi connectivity index (χ2n) is 5.18. The van der Waals surface area contributed by atoms with Crippen molar-refractivity contribution in [1.29, 1.82) is 0 Å². The van der Waals surface area contributed by atoms with Crippen molar-refractivity contribution < 1.29 is 19.4 Å². The van der Waals surface area contributed by atoms with Gasteiger partial charge < -0.3 is 14.7 Å². The van der Waals surface area contributed by atoms with E-state index in [-0.39, 0.29) is 0 Å². The summed E-state index contributed by atoms with van der Waals surface area (Å²) in [5.41, 5.74) is 3.42. The number of hydrogen-bond acceptors (Lipinski definition) is 3. The molecule has 0 spiro atoms. The second-order valence-corrected chi connectivity index (χ2v) is 5.18. The fourth-order valence-corrected chi connectivity index (χ4v) is 2.60. The normalized spacial score (nSPS) is 10.6. The van der Waals surface area contributed by atoms with Crippen LogP contribution in [0.4, 0.5) is 0 Å². The quantitative estimate of drug-likeness (QED) is 0.574. The van der Waals surface area contributed by atoms with Gasteiger partial charge in [-0.05, 0) is 22.9 Å². The maximum Gasteiger partial charge on any atom is 0.326 e. The molecule has 0 bridgehead atoms. The van der Waals surface area contributed by atoms with Crippen LogP contribution in [0.25, 0.3) is 22.6 Å². The SMILES string of the molecule is COc1ccc(-c2[nH]c(-c3ccccc3)c(C)[n+]2O)cc1OC. The second kappa shape index (κ2) is 6.04. The Morgan fingerprint density at radius 1 is 0.913 bits per heavy atom. The molecule has 0 saturated carbocycles. The van der Waals surface area contributed by atoms with Crippen LogP contribution in [-0.2, 0) is 0 Å². The number of aromatic amines is 1. The van der Waals surface area contributed by atoms with Crippen molar-refractivity contribution in [1.82, 2.24) is 4.98 Å². The van der Waals surface area contributed by atoms with E-state index in [4.69, 9.17) is 9.47 Å². The van der Waals surface area contributed by atoms with Crippen molar-refractivity contribution in [2.45, 2.75) is 6.92 Å². The van der Waals surface area contributed by atoms with Crippen molar-refractivity contribution in [2.75, 3.05) is 14.2 Å². The molecular formula is C18H19N2O3+. The lowest BCUT2D eigenvalue weighted by Crippen LogP contribution is -2.33. The number of rotatable bonds is 4. The van der Waals surface area contributed by atoms with Crippen molar-refractivity contribution in [3.05, 3.63) is 54.2 Å². The van der Waals surface area contributed by atoms with Crippen LogP contribution in [0.5, 0.6) is 11.5 Å². The average Bonchev–Trinajstić information content (AvgIpc) is 2.90. The number of nitrogens with one attached hydrogen (secondary N) is 1. The van der Waals surface area contributed by atoms with Crippen LogP contribution in [0.2, 0.25) is 0 Å². The lowest BCUT2D eigenvalue weighted by molar-refractivity contribution is -0.899. The molecule has 5 nitrogen and oxygen atoms in total. The molecule has 23 heavy (non-hydrogen) atoms. The summed E-state index contributed by atoms with van der Waals surface area (Å²) in [7, 11) is 3.18. The molecule has 0 aliphatic heterocycles. The number of imidazole rings is 1. The third-order valence-corrected chi connectivity index (χ3v) is 3.85. The molecule has 5 heteroatoms. The average molecular weight is 311 g/mol. The summed E-state index contributed by atoms with van der Waals surface area (Å²) in [5.74, 6) is 1.84. The van der Waals surface area contributed by atoms with Gasteiger partial charge in [0.05, 0.1) is 19.8 Å². The summed E-state index contributed by atoms with van der Waals surface area (Å²) in [6, 6.07) is 15.4. The van der Waals surface area contributed by atoms with Gasteiger partial charge in [0.25, 0.3) is 0 Å². The first kappa shape index (κ1) is 15.0. The van der Waals surface area contributed by atoms with Gasteiger partial charge in [0.1, 0.15) is 0 Å².